The Morgan fingerprint density at radius 1 is 1.34 bits per heavy atom. The van der Waals surface area contributed by atoms with Gasteiger partial charge in [-0.15, -0.1) is 12.6 Å². The molecule has 0 radical (unpaired) electrons. The summed E-state index contributed by atoms with van der Waals surface area (Å²) in [6.45, 7) is 1.96. The minimum absolute atomic E-state index is 0. The molecular formula is C23H28N2O5S2. The van der Waals surface area contributed by atoms with Crippen molar-refractivity contribution in [1.29, 1.82) is 0 Å². The lowest BCUT2D eigenvalue weighted by Crippen LogP contribution is -2.60. The van der Waals surface area contributed by atoms with Gasteiger partial charge in [0.1, 0.15) is 11.1 Å². The van der Waals surface area contributed by atoms with Gasteiger partial charge >= 0.3 is 5.97 Å². The minimum Gasteiger partial charge on any atom is -0.464 e. The first-order valence-electron chi connectivity index (χ1n) is 9.96. The monoisotopic (exact) mass is 476 g/mol. The molecule has 2 aromatic carbocycles. The van der Waals surface area contributed by atoms with Crippen LogP contribution in [0.2, 0.25) is 0 Å². The molecule has 9 heteroatoms. The van der Waals surface area contributed by atoms with Crippen LogP contribution >= 0.6 is 24.4 Å². The van der Waals surface area contributed by atoms with Gasteiger partial charge in [0.15, 0.2) is 0 Å². The van der Waals surface area contributed by atoms with Crippen molar-refractivity contribution in [2.45, 2.75) is 37.1 Å². The second-order valence-electron chi connectivity index (χ2n) is 7.55. The van der Waals surface area contributed by atoms with Crippen LogP contribution in [-0.4, -0.2) is 58.7 Å². The van der Waals surface area contributed by atoms with E-state index in [0.717, 1.165) is 26.9 Å². The number of benzene rings is 2. The van der Waals surface area contributed by atoms with E-state index < -0.39 is 18.0 Å². The van der Waals surface area contributed by atoms with Gasteiger partial charge in [-0.05, 0) is 36.4 Å². The van der Waals surface area contributed by atoms with E-state index in [1.54, 1.807) is 6.92 Å². The average Bonchev–Trinajstić information content (AvgIpc) is 3.07. The second kappa shape index (κ2) is 9.74. The Morgan fingerprint density at radius 2 is 2.09 bits per heavy atom. The van der Waals surface area contributed by atoms with Crippen molar-refractivity contribution in [2.24, 2.45) is 5.92 Å². The number of aliphatic hydroxyl groups excluding tert-OH is 2. The molecule has 0 spiro atoms. The zero-order valence-corrected chi connectivity index (χ0v) is 18.9. The largest absolute Gasteiger partial charge is 0.464 e. The van der Waals surface area contributed by atoms with Crippen molar-refractivity contribution in [3.05, 3.63) is 46.5 Å². The lowest BCUT2D eigenvalue weighted by Gasteiger charge is -2.43. The molecule has 2 aliphatic heterocycles. The van der Waals surface area contributed by atoms with Crippen molar-refractivity contribution in [3.8, 4) is 0 Å². The number of hydrogen-bond acceptors (Lipinski definition) is 8. The van der Waals surface area contributed by atoms with Crippen LogP contribution in [0.1, 0.15) is 19.9 Å². The molecule has 3 atom stereocenters. The number of aliphatic hydroxyl groups is 2. The first kappa shape index (κ1) is 24.4. The molecule has 2 heterocycles. The molecule has 0 bridgehead atoms. The van der Waals surface area contributed by atoms with Crippen LogP contribution in [0.25, 0.3) is 10.8 Å². The number of amides is 1. The molecule has 3 N–H and O–H groups in total. The molecule has 4 rings (SSSR count). The van der Waals surface area contributed by atoms with Gasteiger partial charge < -0.3 is 20.3 Å². The highest BCUT2D eigenvalue weighted by atomic mass is 32.2. The fourth-order valence-corrected chi connectivity index (χ4v) is 6.04. The summed E-state index contributed by atoms with van der Waals surface area (Å²) in [5, 5.41) is 24.3. The zero-order valence-electron chi connectivity index (χ0n) is 17.2. The number of methoxy groups -OCH3 is 1. The Morgan fingerprint density at radius 3 is 2.75 bits per heavy atom. The maximum absolute atomic E-state index is 12.5. The molecule has 1 saturated heterocycles. The SMILES string of the molecule is C.COC(=O)C1=C(CNc2cccc3c(CCO)ccc(S)c23)SC2C(C(C)O)C(=O)N12. The van der Waals surface area contributed by atoms with Gasteiger partial charge in [0, 0.05) is 34.0 Å². The predicted molar refractivity (Wildman–Crippen MR) is 130 cm³/mol. The van der Waals surface area contributed by atoms with Gasteiger partial charge in [-0.2, -0.15) is 0 Å². The number of thioether (sulfide) groups is 1. The molecule has 0 aliphatic carbocycles. The van der Waals surface area contributed by atoms with Crippen LogP contribution in [-0.2, 0) is 20.7 Å². The number of carbonyl (C=O) groups excluding carboxylic acids is 2. The van der Waals surface area contributed by atoms with E-state index in [1.807, 2.05) is 30.3 Å². The quantitative estimate of drug-likeness (QED) is 0.277. The lowest BCUT2D eigenvalue weighted by atomic mass is 9.92. The van der Waals surface area contributed by atoms with Gasteiger partial charge in [-0.3, -0.25) is 9.69 Å². The topological polar surface area (TPSA) is 99.1 Å². The number of fused-ring (bicyclic) bond motifs is 2. The highest BCUT2D eigenvalue weighted by molar-refractivity contribution is 8.04. The molecule has 172 valence electrons. The number of thiol groups is 1. The normalized spacial score (nSPS) is 20.5. The highest BCUT2D eigenvalue weighted by Crippen LogP contribution is 2.50. The Hall–Kier alpha value is -2.20. The van der Waals surface area contributed by atoms with E-state index in [1.165, 1.54) is 23.8 Å². The summed E-state index contributed by atoms with van der Waals surface area (Å²) in [5.74, 6) is -1.37. The van der Waals surface area contributed by atoms with E-state index in [0.29, 0.717) is 17.9 Å². The fourth-order valence-electron chi connectivity index (χ4n) is 4.17. The number of β-lactam (4-membered cyclic amide) rings is 1. The van der Waals surface area contributed by atoms with Crippen molar-refractivity contribution >= 4 is 52.7 Å². The second-order valence-corrected chi connectivity index (χ2v) is 9.24. The smallest absolute Gasteiger partial charge is 0.355 e. The summed E-state index contributed by atoms with van der Waals surface area (Å²) in [5.41, 5.74) is 2.10. The number of carbonyl (C=O) groups is 2. The van der Waals surface area contributed by atoms with Crippen LogP contribution in [0.15, 0.2) is 45.8 Å². The summed E-state index contributed by atoms with van der Waals surface area (Å²) in [7, 11) is 1.29. The number of ether oxygens (including phenoxy) is 1. The maximum Gasteiger partial charge on any atom is 0.355 e. The highest BCUT2D eigenvalue weighted by Gasteiger charge is 2.57. The average molecular weight is 477 g/mol. The standard InChI is InChI=1S/C22H24N2O5S2.CH4/c1-11(26)17-20(27)24-19(22(28)29-2)16(31-21(17)24)10-23-14-5-3-4-13-12(8-9-25)6-7-15(30)18(13)14;/h3-7,11,17,21,23,25-26,30H,8-10H2,1-2H3;1H4. The van der Waals surface area contributed by atoms with E-state index in [2.05, 4.69) is 17.9 Å². The Bertz CT molecular complexity index is 1090. The zero-order chi connectivity index (χ0) is 22.3. The molecule has 2 aliphatic rings. The Kier molecular flexibility index (Phi) is 7.44. The maximum atomic E-state index is 12.5. The van der Waals surface area contributed by atoms with Crippen LogP contribution in [0.5, 0.6) is 0 Å². The molecule has 3 unspecified atom stereocenters. The molecule has 32 heavy (non-hydrogen) atoms. The third-order valence-corrected chi connectivity index (χ3v) is 7.42. The summed E-state index contributed by atoms with van der Waals surface area (Å²) in [4.78, 5) is 27.9. The molecular weight excluding hydrogens is 448 g/mol. The van der Waals surface area contributed by atoms with E-state index in [4.69, 9.17) is 4.74 Å². The fraction of sp³-hybridized carbons (Fsp3) is 0.391. The number of rotatable bonds is 7. The number of nitrogens with zero attached hydrogens (tertiary/aromatic N) is 1. The van der Waals surface area contributed by atoms with Gasteiger partial charge in [0.25, 0.3) is 0 Å². The lowest BCUT2D eigenvalue weighted by molar-refractivity contribution is -0.157. The van der Waals surface area contributed by atoms with Crippen LogP contribution in [0.3, 0.4) is 0 Å². The number of hydrogen-bond donors (Lipinski definition) is 4. The van der Waals surface area contributed by atoms with Crippen molar-refractivity contribution in [3.63, 3.8) is 0 Å². The third-order valence-electron chi connectivity index (χ3n) is 5.68. The Balaban J connectivity index is 0.00000289. The van der Waals surface area contributed by atoms with Gasteiger partial charge in [0.05, 0.1) is 19.1 Å². The van der Waals surface area contributed by atoms with E-state index >= 15 is 0 Å². The first-order valence-corrected chi connectivity index (χ1v) is 11.3. The van der Waals surface area contributed by atoms with Crippen molar-refractivity contribution < 1.29 is 24.5 Å². The molecule has 7 nitrogen and oxygen atoms in total. The van der Waals surface area contributed by atoms with E-state index in [9.17, 15) is 19.8 Å². The Labute approximate surface area is 197 Å². The number of nitrogens with one attached hydrogen (secondary N) is 1. The van der Waals surface area contributed by atoms with E-state index in [-0.39, 0.29) is 31.0 Å². The molecule has 1 amide bonds. The predicted octanol–water partition coefficient (Wildman–Crippen LogP) is 3.01. The van der Waals surface area contributed by atoms with Crippen LogP contribution in [0, 0.1) is 5.92 Å². The van der Waals surface area contributed by atoms with Gasteiger partial charge in [-0.25, -0.2) is 4.79 Å². The molecule has 2 aromatic rings. The summed E-state index contributed by atoms with van der Waals surface area (Å²) in [6.07, 6.45) is -0.247. The summed E-state index contributed by atoms with van der Waals surface area (Å²) < 4.78 is 4.91. The third kappa shape index (κ3) is 3.98. The summed E-state index contributed by atoms with van der Waals surface area (Å²) >= 11 is 6.02. The van der Waals surface area contributed by atoms with Gasteiger partial charge in [0.2, 0.25) is 5.91 Å². The minimum atomic E-state index is -0.790. The number of esters is 1. The number of anilines is 1. The van der Waals surface area contributed by atoms with Crippen LogP contribution in [0.4, 0.5) is 5.69 Å². The van der Waals surface area contributed by atoms with Gasteiger partial charge in [-0.1, -0.05) is 37.4 Å². The first-order chi connectivity index (χ1) is 14.9. The van der Waals surface area contributed by atoms with Crippen molar-refractivity contribution in [2.75, 3.05) is 25.6 Å². The van der Waals surface area contributed by atoms with Crippen molar-refractivity contribution in [1.82, 2.24) is 4.90 Å². The molecule has 0 aromatic heterocycles. The molecule has 1 fully saturated rings. The summed E-state index contributed by atoms with van der Waals surface area (Å²) in [6, 6.07) is 9.72. The molecule has 0 saturated carbocycles. The van der Waals surface area contributed by atoms with Crippen LogP contribution < -0.4 is 5.32 Å².